The maximum absolute atomic E-state index is 4.82. The zero-order chi connectivity index (χ0) is 11.5. The van der Waals surface area contributed by atoms with Crippen LogP contribution < -0.4 is 5.32 Å². The smallest absolute Gasteiger partial charge is 0.0928 e. The molecule has 2 fully saturated rings. The highest BCUT2D eigenvalue weighted by molar-refractivity contribution is 7.09. The zero-order valence-electron chi connectivity index (χ0n) is 10.5. The van der Waals surface area contributed by atoms with Gasteiger partial charge in [-0.25, -0.2) is 4.98 Å². The van der Waals surface area contributed by atoms with E-state index in [9.17, 15) is 0 Å². The minimum Gasteiger partial charge on any atom is -0.317 e. The van der Waals surface area contributed by atoms with E-state index in [0.29, 0.717) is 0 Å². The molecule has 0 radical (unpaired) electrons. The summed E-state index contributed by atoms with van der Waals surface area (Å²) in [7, 11) is 0. The zero-order valence-corrected chi connectivity index (χ0v) is 11.3. The number of rotatable bonds is 4. The van der Waals surface area contributed by atoms with Gasteiger partial charge < -0.3 is 5.32 Å². The van der Waals surface area contributed by atoms with Crippen molar-refractivity contribution in [2.75, 3.05) is 13.1 Å². The summed E-state index contributed by atoms with van der Waals surface area (Å²) in [5.74, 6) is 1.74. The number of piperidine rings is 1. The quantitative estimate of drug-likeness (QED) is 0.886. The van der Waals surface area contributed by atoms with Gasteiger partial charge in [0.25, 0.3) is 0 Å². The number of aryl methyl sites for hydroxylation is 1. The van der Waals surface area contributed by atoms with Crippen molar-refractivity contribution in [1.82, 2.24) is 10.3 Å². The first kappa shape index (κ1) is 11.7. The molecule has 0 atom stereocenters. The number of nitrogens with zero attached hydrogens (tertiary/aromatic N) is 1. The van der Waals surface area contributed by atoms with Gasteiger partial charge in [0.05, 0.1) is 10.7 Å². The van der Waals surface area contributed by atoms with E-state index in [1.54, 1.807) is 0 Å². The monoisotopic (exact) mass is 250 g/mol. The summed E-state index contributed by atoms with van der Waals surface area (Å²) in [6, 6.07) is 0. The van der Waals surface area contributed by atoms with E-state index in [4.69, 9.17) is 4.98 Å². The lowest BCUT2D eigenvalue weighted by atomic mass is 9.83. The number of nitrogens with one attached hydrogen (secondary N) is 1. The Hall–Kier alpha value is -0.410. The lowest BCUT2D eigenvalue weighted by Gasteiger charge is -2.23. The highest BCUT2D eigenvalue weighted by atomic mass is 32.1. The Morgan fingerprint density at radius 2 is 2.06 bits per heavy atom. The Kier molecular flexibility index (Phi) is 3.77. The third kappa shape index (κ3) is 2.89. The van der Waals surface area contributed by atoms with Gasteiger partial charge >= 0.3 is 0 Å². The highest BCUT2D eigenvalue weighted by Gasteiger charge is 2.22. The number of thiazole rings is 1. The summed E-state index contributed by atoms with van der Waals surface area (Å²) in [6.45, 7) is 2.44. The Labute approximate surface area is 108 Å². The predicted molar refractivity (Wildman–Crippen MR) is 72.6 cm³/mol. The molecule has 1 N–H and O–H groups in total. The molecule has 2 aliphatic rings. The van der Waals surface area contributed by atoms with Crippen LogP contribution in [0.15, 0.2) is 5.38 Å². The van der Waals surface area contributed by atoms with Crippen LogP contribution in [0.4, 0.5) is 0 Å². The van der Waals surface area contributed by atoms with Crippen LogP contribution in [0.2, 0.25) is 0 Å². The molecule has 1 saturated heterocycles. The number of aromatic nitrogens is 1. The highest BCUT2D eigenvalue weighted by Crippen LogP contribution is 2.36. The van der Waals surface area contributed by atoms with E-state index in [1.807, 2.05) is 11.3 Å². The van der Waals surface area contributed by atoms with Crippen LogP contribution in [-0.2, 0) is 6.42 Å². The molecule has 0 unspecified atom stereocenters. The van der Waals surface area contributed by atoms with Gasteiger partial charge in [0, 0.05) is 11.3 Å². The molecule has 0 spiro atoms. The van der Waals surface area contributed by atoms with E-state index >= 15 is 0 Å². The molecule has 1 saturated carbocycles. The third-order valence-electron chi connectivity index (χ3n) is 4.32. The summed E-state index contributed by atoms with van der Waals surface area (Å²) in [6.07, 6.45) is 9.44. The van der Waals surface area contributed by atoms with Gasteiger partial charge in [-0.2, -0.15) is 0 Å². The molecule has 3 rings (SSSR count). The van der Waals surface area contributed by atoms with E-state index < -0.39 is 0 Å². The van der Waals surface area contributed by atoms with Crippen molar-refractivity contribution in [3.8, 4) is 0 Å². The van der Waals surface area contributed by atoms with Crippen molar-refractivity contribution in [3.63, 3.8) is 0 Å². The molecule has 2 nitrogen and oxygen atoms in total. The van der Waals surface area contributed by atoms with Crippen molar-refractivity contribution < 1.29 is 0 Å². The maximum atomic E-state index is 4.82. The number of hydrogen-bond donors (Lipinski definition) is 1. The van der Waals surface area contributed by atoms with E-state index in [1.165, 1.54) is 68.7 Å². The van der Waals surface area contributed by atoms with E-state index in [-0.39, 0.29) is 0 Å². The van der Waals surface area contributed by atoms with Crippen LogP contribution in [0.25, 0.3) is 0 Å². The Morgan fingerprint density at radius 3 is 2.76 bits per heavy atom. The average Bonchev–Trinajstić information content (AvgIpc) is 2.74. The largest absolute Gasteiger partial charge is 0.317 e. The fourth-order valence-corrected chi connectivity index (χ4v) is 3.73. The van der Waals surface area contributed by atoms with Gasteiger partial charge in [0.15, 0.2) is 0 Å². The molecular formula is C14H22N2S. The van der Waals surface area contributed by atoms with Crippen LogP contribution >= 0.6 is 11.3 Å². The molecule has 0 aromatic carbocycles. The predicted octanol–water partition coefficient (Wildman–Crippen LogP) is 3.34. The first-order valence-corrected chi connectivity index (χ1v) is 7.95. The number of hydrogen-bond acceptors (Lipinski definition) is 3. The van der Waals surface area contributed by atoms with Crippen LogP contribution in [0.3, 0.4) is 0 Å². The maximum Gasteiger partial charge on any atom is 0.0928 e. The molecule has 0 bridgehead atoms. The first-order chi connectivity index (χ1) is 8.42. The second kappa shape index (κ2) is 5.49. The van der Waals surface area contributed by atoms with E-state index in [0.717, 1.165) is 11.8 Å². The van der Waals surface area contributed by atoms with Crippen molar-refractivity contribution >= 4 is 11.3 Å². The molecule has 1 aromatic heterocycles. The molecule has 17 heavy (non-hydrogen) atoms. The summed E-state index contributed by atoms with van der Waals surface area (Å²) >= 11 is 1.89. The van der Waals surface area contributed by atoms with Crippen molar-refractivity contribution in [2.45, 2.75) is 50.9 Å². The van der Waals surface area contributed by atoms with Gasteiger partial charge in [0.1, 0.15) is 0 Å². The van der Waals surface area contributed by atoms with Gasteiger partial charge in [-0.15, -0.1) is 11.3 Å². The average molecular weight is 250 g/mol. The van der Waals surface area contributed by atoms with E-state index in [2.05, 4.69) is 10.7 Å². The van der Waals surface area contributed by atoms with Crippen molar-refractivity contribution in [1.29, 1.82) is 0 Å². The summed E-state index contributed by atoms with van der Waals surface area (Å²) in [5.41, 5.74) is 1.39. The normalized spacial score (nSPS) is 22.6. The molecule has 1 aliphatic carbocycles. The van der Waals surface area contributed by atoms with Crippen LogP contribution in [-0.4, -0.2) is 18.1 Å². The second-order valence-corrected chi connectivity index (χ2v) is 6.47. The van der Waals surface area contributed by atoms with Gasteiger partial charge in [-0.3, -0.25) is 0 Å². The Morgan fingerprint density at radius 1 is 1.24 bits per heavy atom. The molecule has 2 heterocycles. The third-order valence-corrected chi connectivity index (χ3v) is 5.24. The first-order valence-electron chi connectivity index (χ1n) is 7.07. The fraction of sp³-hybridized carbons (Fsp3) is 0.786. The van der Waals surface area contributed by atoms with Gasteiger partial charge in [-0.05, 0) is 57.5 Å². The summed E-state index contributed by atoms with van der Waals surface area (Å²) < 4.78 is 0. The van der Waals surface area contributed by atoms with Gasteiger partial charge in [-0.1, -0.05) is 6.42 Å². The topological polar surface area (TPSA) is 24.9 Å². The Balaban J connectivity index is 1.48. The lowest BCUT2D eigenvalue weighted by molar-refractivity contribution is 0.354. The SMILES string of the molecule is c1sc(CCC2CCNCC2)nc1C1CCC1. The summed E-state index contributed by atoms with van der Waals surface area (Å²) in [5, 5.41) is 7.12. The van der Waals surface area contributed by atoms with Crippen molar-refractivity contribution in [3.05, 3.63) is 16.1 Å². The lowest BCUT2D eigenvalue weighted by Crippen LogP contribution is -2.27. The van der Waals surface area contributed by atoms with Crippen molar-refractivity contribution in [2.24, 2.45) is 5.92 Å². The standard InChI is InChI=1S/C14H22N2S/c1-2-12(3-1)13-10-17-14(16-13)5-4-11-6-8-15-9-7-11/h10-12,15H,1-9H2. The molecule has 94 valence electrons. The van der Waals surface area contributed by atoms with Crippen LogP contribution in [0.5, 0.6) is 0 Å². The minimum atomic E-state index is 0.805. The molecule has 1 aromatic rings. The molecule has 1 aliphatic heterocycles. The summed E-state index contributed by atoms with van der Waals surface area (Å²) in [4.78, 5) is 4.82. The molecule has 3 heteroatoms. The molecule has 0 amide bonds. The fourth-order valence-electron chi connectivity index (χ4n) is 2.83. The van der Waals surface area contributed by atoms with Gasteiger partial charge in [0.2, 0.25) is 0 Å². The molecular weight excluding hydrogens is 228 g/mol. The minimum absolute atomic E-state index is 0.805. The second-order valence-electron chi connectivity index (χ2n) is 5.53. The van der Waals surface area contributed by atoms with Crippen LogP contribution in [0.1, 0.15) is 55.1 Å². The Bertz CT molecular complexity index is 351. The van der Waals surface area contributed by atoms with Crippen LogP contribution in [0, 0.1) is 5.92 Å².